The number of H-pyrrole nitrogens is 1. The SMILES string of the molecule is Cc1sc2nc(CSC(C)CC(=O)O)[nH]c(=O)c2c1C. The maximum absolute atomic E-state index is 12.1. The van der Waals surface area contributed by atoms with Crippen molar-refractivity contribution >= 4 is 39.3 Å². The van der Waals surface area contributed by atoms with Crippen LogP contribution in [0.2, 0.25) is 0 Å². The van der Waals surface area contributed by atoms with Gasteiger partial charge in [0, 0.05) is 10.1 Å². The van der Waals surface area contributed by atoms with Crippen LogP contribution < -0.4 is 5.56 Å². The fourth-order valence-corrected chi connectivity index (χ4v) is 3.78. The zero-order valence-electron chi connectivity index (χ0n) is 11.5. The van der Waals surface area contributed by atoms with Crippen LogP contribution in [-0.2, 0) is 10.5 Å². The average Bonchev–Trinajstić information content (AvgIpc) is 2.62. The number of rotatable bonds is 5. The summed E-state index contributed by atoms with van der Waals surface area (Å²) >= 11 is 2.99. The van der Waals surface area contributed by atoms with E-state index in [1.54, 1.807) is 0 Å². The molecule has 5 nitrogen and oxygen atoms in total. The second kappa shape index (κ2) is 5.97. The Morgan fingerprint density at radius 3 is 2.85 bits per heavy atom. The van der Waals surface area contributed by atoms with Crippen LogP contribution in [0.25, 0.3) is 10.2 Å². The second-order valence-electron chi connectivity index (χ2n) is 4.70. The highest BCUT2D eigenvalue weighted by Crippen LogP contribution is 2.26. The van der Waals surface area contributed by atoms with Crippen LogP contribution in [0.3, 0.4) is 0 Å². The number of thiophene rings is 1. The summed E-state index contributed by atoms with van der Waals surface area (Å²) in [5.41, 5.74) is 0.871. The quantitative estimate of drug-likeness (QED) is 0.887. The van der Waals surface area contributed by atoms with Gasteiger partial charge in [-0.05, 0) is 19.4 Å². The number of aromatic amines is 1. The van der Waals surface area contributed by atoms with Gasteiger partial charge in [0.15, 0.2) is 0 Å². The molecule has 0 saturated heterocycles. The van der Waals surface area contributed by atoms with Crippen molar-refractivity contribution in [3.63, 3.8) is 0 Å². The lowest BCUT2D eigenvalue weighted by Crippen LogP contribution is -2.12. The van der Waals surface area contributed by atoms with Gasteiger partial charge in [0.25, 0.3) is 5.56 Å². The summed E-state index contributed by atoms with van der Waals surface area (Å²) in [5.74, 6) is 0.299. The van der Waals surface area contributed by atoms with Gasteiger partial charge in [0.2, 0.25) is 0 Å². The molecule has 2 N–H and O–H groups in total. The molecule has 0 amide bonds. The van der Waals surface area contributed by atoms with E-state index < -0.39 is 5.97 Å². The number of fused-ring (bicyclic) bond motifs is 1. The number of nitrogens with zero attached hydrogens (tertiary/aromatic N) is 1. The number of aryl methyl sites for hydroxylation is 2. The second-order valence-corrected chi connectivity index (χ2v) is 7.33. The Morgan fingerprint density at radius 2 is 2.20 bits per heavy atom. The van der Waals surface area contributed by atoms with Gasteiger partial charge in [-0.2, -0.15) is 11.8 Å². The zero-order valence-corrected chi connectivity index (χ0v) is 13.2. The predicted molar refractivity (Wildman–Crippen MR) is 82.7 cm³/mol. The van der Waals surface area contributed by atoms with Gasteiger partial charge in [-0.25, -0.2) is 4.98 Å². The first-order chi connectivity index (χ1) is 9.38. The lowest BCUT2D eigenvalue weighted by Gasteiger charge is -2.07. The fourth-order valence-electron chi connectivity index (χ4n) is 1.89. The number of aromatic nitrogens is 2. The van der Waals surface area contributed by atoms with Crippen LogP contribution in [0.4, 0.5) is 0 Å². The van der Waals surface area contributed by atoms with E-state index in [0.29, 0.717) is 17.0 Å². The maximum atomic E-state index is 12.1. The molecule has 2 aromatic heterocycles. The Bertz CT molecular complexity index is 705. The molecule has 108 valence electrons. The molecule has 0 radical (unpaired) electrons. The van der Waals surface area contributed by atoms with Gasteiger partial charge in [0.05, 0.1) is 17.6 Å². The van der Waals surface area contributed by atoms with E-state index in [2.05, 4.69) is 9.97 Å². The van der Waals surface area contributed by atoms with Gasteiger partial charge in [0.1, 0.15) is 10.7 Å². The highest BCUT2D eigenvalue weighted by Gasteiger charge is 2.13. The molecular formula is C13H16N2O3S2. The molecule has 0 aliphatic heterocycles. The van der Waals surface area contributed by atoms with Crippen LogP contribution in [-0.4, -0.2) is 26.3 Å². The monoisotopic (exact) mass is 312 g/mol. The van der Waals surface area contributed by atoms with Crippen molar-refractivity contribution in [2.24, 2.45) is 0 Å². The maximum Gasteiger partial charge on any atom is 0.304 e. The Morgan fingerprint density at radius 1 is 1.50 bits per heavy atom. The smallest absolute Gasteiger partial charge is 0.304 e. The van der Waals surface area contributed by atoms with Crippen molar-refractivity contribution in [1.29, 1.82) is 0 Å². The first-order valence-corrected chi connectivity index (χ1v) is 8.07. The van der Waals surface area contributed by atoms with Crippen LogP contribution in [0, 0.1) is 13.8 Å². The van der Waals surface area contributed by atoms with E-state index >= 15 is 0 Å². The summed E-state index contributed by atoms with van der Waals surface area (Å²) in [6, 6.07) is 0. The summed E-state index contributed by atoms with van der Waals surface area (Å²) in [6.45, 7) is 5.76. The third kappa shape index (κ3) is 3.21. The minimum Gasteiger partial charge on any atom is -0.481 e. The Kier molecular flexibility index (Phi) is 4.49. The molecule has 2 heterocycles. The van der Waals surface area contributed by atoms with E-state index in [1.807, 2.05) is 20.8 Å². The Balaban J connectivity index is 2.20. The standard InChI is InChI=1S/C13H16N2O3S2/c1-6(4-10(16)17)19-5-9-14-12(18)11-7(2)8(3)20-13(11)15-9/h6H,4-5H2,1-3H3,(H,16,17)(H,14,15,18). The van der Waals surface area contributed by atoms with Gasteiger partial charge in [-0.3, -0.25) is 9.59 Å². The lowest BCUT2D eigenvalue weighted by molar-refractivity contribution is -0.136. The molecule has 0 saturated carbocycles. The molecule has 0 aromatic carbocycles. The fraction of sp³-hybridized carbons (Fsp3) is 0.462. The highest BCUT2D eigenvalue weighted by atomic mass is 32.2. The highest BCUT2D eigenvalue weighted by molar-refractivity contribution is 7.99. The summed E-state index contributed by atoms with van der Waals surface area (Å²) in [6.07, 6.45) is 0.106. The van der Waals surface area contributed by atoms with E-state index in [1.165, 1.54) is 23.1 Å². The molecule has 0 aliphatic rings. The van der Waals surface area contributed by atoms with Crippen molar-refractivity contribution in [2.75, 3.05) is 0 Å². The van der Waals surface area contributed by atoms with Crippen LogP contribution >= 0.6 is 23.1 Å². The minimum absolute atomic E-state index is 0.0136. The number of carbonyl (C=O) groups is 1. The van der Waals surface area contributed by atoms with Crippen molar-refractivity contribution < 1.29 is 9.90 Å². The number of hydrogen-bond acceptors (Lipinski definition) is 5. The predicted octanol–water partition coefficient (Wildman–Crippen LogP) is 2.70. The van der Waals surface area contributed by atoms with Gasteiger partial charge >= 0.3 is 5.97 Å². The van der Waals surface area contributed by atoms with E-state index in [0.717, 1.165) is 15.3 Å². The third-order valence-electron chi connectivity index (χ3n) is 3.05. The number of hydrogen-bond donors (Lipinski definition) is 2. The first kappa shape index (κ1) is 15.1. The summed E-state index contributed by atoms with van der Waals surface area (Å²) in [4.78, 5) is 31.8. The number of carboxylic acids is 1. The first-order valence-electron chi connectivity index (χ1n) is 6.20. The number of carboxylic acid groups (broad SMARTS) is 1. The van der Waals surface area contributed by atoms with Crippen molar-refractivity contribution in [1.82, 2.24) is 9.97 Å². The van der Waals surface area contributed by atoms with Crippen molar-refractivity contribution in [2.45, 2.75) is 38.2 Å². The topological polar surface area (TPSA) is 83.0 Å². The molecule has 1 atom stereocenters. The van der Waals surface area contributed by atoms with Gasteiger partial charge in [-0.15, -0.1) is 11.3 Å². The molecule has 20 heavy (non-hydrogen) atoms. The minimum atomic E-state index is -0.814. The van der Waals surface area contributed by atoms with E-state index in [4.69, 9.17) is 5.11 Å². The molecule has 7 heteroatoms. The van der Waals surface area contributed by atoms with Crippen LogP contribution in [0.15, 0.2) is 4.79 Å². The summed E-state index contributed by atoms with van der Waals surface area (Å²) in [5, 5.41) is 9.37. The molecule has 1 unspecified atom stereocenters. The van der Waals surface area contributed by atoms with Crippen molar-refractivity contribution in [3.8, 4) is 0 Å². The normalized spacial score (nSPS) is 12.8. The Labute approximate surface area is 124 Å². The zero-order chi connectivity index (χ0) is 14.9. The molecule has 2 rings (SSSR count). The molecule has 0 aliphatic carbocycles. The number of nitrogens with one attached hydrogen (secondary N) is 1. The summed E-state index contributed by atoms with van der Waals surface area (Å²) < 4.78 is 0. The number of aliphatic carboxylic acids is 1. The molecule has 0 spiro atoms. The molecule has 2 aromatic rings. The molecule has 0 bridgehead atoms. The number of thioether (sulfide) groups is 1. The third-order valence-corrected chi connectivity index (χ3v) is 5.33. The van der Waals surface area contributed by atoms with Gasteiger partial charge in [-0.1, -0.05) is 6.92 Å². The lowest BCUT2D eigenvalue weighted by atomic mass is 10.2. The summed E-state index contributed by atoms with van der Waals surface area (Å²) in [7, 11) is 0. The van der Waals surface area contributed by atoms with Crippen molar-refractivity contribution in [3.05, 3.63) is 26.6 Å². The average molecular weight is 312 g/mol. The Hall–Kier alpha value is -1.34. The van der Waals surface area contributed by atoms with E-state index in [9.17, 15) is 9.59 Å². The largest absolute Gasteiger partial charge is 0.481 e. The van der Waals surface area contributed by atoms with E-state index in [-0.39, 0.29) is 17.2 Å². The van der Waals surface area contributed by atoms with Crippen LogP contribution in [0.5, 0.6) is 0 Å². The molecular weight excluding hydrogens is 296 g/mol. The van der Waals surface area contributed by atoms with Gasteiger partial charge < -0.3 is 10.1 Å². The van der Waals surface area contributed by atoms with Crippen LogP contribution in [0.1, 0.15) is 29.6 Å². The molecule has 0 fully saturated rings.